The van der Waals surface area contributed by atoms with Gasteiger partial charge >= 0.3 is 0 Å². The molecule has 0 saturated carbocycles. The normalized spacial score (nSPS) is 12.4. The lowest BCUT2D eigenvalue weighted by molar-refractivity contribution is 0.0339. The Balaban J connectivity index is 2.67. The van der Waals surface area contributed by atoms with Gasteiger partial charge in [-0.3, -0.25) is 0 Å². The Morgan fingerprint density at radius 2 is 2.05 bits per heavy atom. The van der Waals surface area contributed by atoms with Gasteiger partial charge in [0.15, 0.2) is 0 Å². The van der Waals surface area contributed by atoms with E-state index in [-0.39, 0.29) is 11.9 Å². The van der Waals surface area contributed by atoms with E-state index in [9.17, 15) is 4.39 Å². The van der Waals surface area contributed by atoms with Gasteiger partial charge in [-0.2, -0.15) is 0 Å². The molecule has 4 heteroatoms. The van der Waals surface area contributed by atoms with E-state index in [1.807, 2.05) is 20.8 Å². The van der Waals surface area contributed by atoms with Crippen LogP contribution in [0.25, 0.3) is 0 Å². The number of thiocarbonyl (C=S) groups is 1. The third kappa shape index (κ3) is 4.97. The second kappa shape index (κ2) is 8.35. The van der Waals surface area contributed by atoms with Crippen molar-refractivity contribution in [2.24, 2.45) is 0 Å². The fourth-order valence-electron chi connectivity index (χ4n) is 1.85. The molecule has 2 nitrogen and oxygen atoms in total. The van der Waals surface area contributed by atoms with Crippen molar-refractivity contribution < 1.29 is 13.9 Å². The predicted octanol–water partition coefficient (Wildman–Crippen LogP) is 3.68. The van der Waals surface area contributed by atoms with Gasteiger partial charge in [0.1, 0.15) is 5.82 Å². The van der Waals surface area contributed by atoms with E-state index in [1.54, 1.807) is 6.07 Å². The summed E-state index contributed by atoms with van der Waals surface area (Å²) in [5, 5.41) is 0. The number of ether oxygens (including phenoxy) is 2. The fourth-order valence-corrected chi connectivity index (χ4v) is 2.31. The third-order valence-corrected chi connectivity index (χ3v) is 3.35. The summed E-state index contributed by atoms with van der Waals surface area (Å²) in [6.07, 6.45) is 0.668. The van der Waals surface area contributed by atoms with Crippen molar-refractivity contribution in [3.63, 3.8) is 0 Å². The molecule has 0 fully saturated rings. The van der Waals surface area contributed by atoms with Gasteiger partial charge in [-0.15, -0.1) is 0 Å². The first-order valence-corrected chi connectivity index (χ1v) is 7.00. The van der Waals surface area contributed by atoms with Crippen LogP contribution in [0.2, 0.25) is 0 Å². The van der Waals surface area contributed by atoms with Crippen LogP contribution < -0.4 is 0 Å². The van der Waals surface area contributed by atoms with Crippen molar-refractivity contribution in [2.45, 2.75) is 33.3 Å². The van der Waals surface area contributed by atoms with Gasteiger partial charge < -0.3 is 9.47 Å². The summed E-state index contributed by atoms with van der Waals surface area (Å²) in [6.45, 7) is 7.60. The number of rotatable bonds is 8. The van der Waals surface area contributed by atoms with Gasteiger partial charge in [-0.05, 0) is 43.5 Å². The van der Waals surface area contributed by atoms with Crippen LogP contribution in [0.1, 0.15) is 31.4 Å². The van der Waals surface area contributed by atoms with E-state index >= 15 is 0 Å². The highest BCUT2D eigenvalue weighted by molar-refractivity contribution is 7.81. The summed E-state index contributed by atoms with van der Waals surface area (Å²) in [5.41, 5.74) is 1.73. The molecule has 0 saturated heterocycles. The molecule has 19 heavy (non-hydrogen) atoms. The van der Waals surface area contributed by atoms with E-state index in [2.05, 4.69) is 0 Å². The molecule has 0 amide bonds. The van der Waals surface area contributed by atoms with Gasteiger partial charge in [-0.1, -0.05) is 25.2 Å². The Morgan fingerprint density at radius 3 is 2.63 bits per heavy atom. The third-order valence-electron chi connectivity index (χ3n) is 2.87. The van der Waals surface area contributed by atoms with Crippen LogP contribution >= 0.6 is 12.2 Å². The minimum Gasteiger partial charge on any atom is -0.379 e. The maximum Gasteiger partial charge on any atom is 0.123 e. The molecular weight excluding hydrogens is 263 g/mol. The number of hydrogen-bond donors (Lipinski definition) is 0. The number of halogens is 1. The van der Waals surface area contributed by atoms with Crippen molar-refractivity contribution in [1.29, 1.82) is 0 Å². The Bertz CT molecular complexity index is 421. The van der Waals surface area contributed by atoms with Crippen LogP contribution in [0.15, 0.2) is 18.2 Å². The topological polar surface area (TPSA) is 18.5 Å². The van der Waals surface area contributed by atoms with Crippen LogP contribution in [0.3, 0.4) is 0 Å². The minimum absolute atomic E-state index is 0.125. The number of aryl methyl sites for hydroxylation is 1. The Hall–Kier alpha value is -0.840. The minimum atomic E-state index is -0.241. The highest BCUT2D eigenvalue weighted by Crippen LogP contribution is 2.16. The van der Waals surface area contributed by atoms with Crippen molar-refractivity contribution in [3.05, 3.63) is 35.1 Å². The first-order valence-electron chi connectivity index (χ1n) is 6.59. The first-order chi connectivity index (χ1) is 9.10. The fraction of sp³-hybridized carbons (Fsp3) is 0.533. The van der Waals surface area contributed by atoms with Gasteiger partial charge in [0, 0.05) is 6.61 Å². The Labute approximate surface area is 119 Å². The smallest absolute Gasteiger partial charge is 0.123 e. The quantitative estimate of drug-likeness (QED) is 0.412. The van der Waals surface area contributed by atoms with Crippen molar-refractivity contribution in [1.82, 2.24) is 0 Å². The molecule has 0 radical (unpaired) electrons. The summed E-state index contributed by atoms with van der Waals surface area (Å²) in [5.74, 6) is -0.241. The highest BCUT2D eigenvalue weighted by atomic mass is 32.1. The molecular formula is C15H21FO2S. The highest BCUT2D eigenvalue weighted by Gasteiger charge is 2.16. The lowest BCUT2D eigenvalue weighted by Crippen LogP contribution is -2.25. The first kappa shape index (κ1) is 16.2. The van der Waals surface area contributed by atoms with Crippen molar-refractivity contribution in [2.75, 3.05) is 19.8 Å². The zero-order valence-corrected chi connectivity index (χ0v) is 12.6. The van der Waals surface area contributed by atoms with E-state index in [0.717, 1.165) is 22.4 Å². The molecule has 0 aliphatic heterocycles. The molecule has 0 aromatic heterocycles. The molecule has 1 unspecified atom stereocenters. The van der Waals surface area contributed by atoms with Crippen LogP contribution in [0, 0.1) is 12.7 Å². The van der Waals surface area contributed by atoms with E-state index < -0.39 is 0 Å². The van der Waals surface area contributed by atoms with Crippen molar-refractivity contribution in [3.8, 4) is 0 Å². The molecule has 0 spiro atoms. The molecule has 0 N–H and O–H groups in total. The SMILES string of the molecule is CCOCCOC(CC)C(=S)c1ccc(F)cc1C. The summed E-state index contributed by atoms with van der Waals surface area (Å²) in [6, 6.07) is 4.65. The monoisotopic (exact) mass is 284 g/mol. The lowest BCUT2D eigenvalue weighted by Gasteiger charge is -2.19. The predicted molar refractivity (Wildman–Crippen MR) is 79.4 cm³/mol. The average molecular weight is 284 g/mol. The van der Waals surface area contributed by atoms with Crippen LogP contribution in [0.4, 0.5) is 4.39 Å². The van der Waals surface area contributed by atoms with Crippen molar-refractivity contribution >= 4 is 17.1 Å². The molecule has 1 rings (SSSR count). The van der Waals surface area contributed by atoms with E-state index in [4.69, 9.17) is 21.7 Å². The van der Waals surface area contributed by atoms with Gasteiger partial charge in [0.2, 0.25) is 0 Å². The van der Waals surface area contributed by atoms with Crippen LogP contribution in [-0.2, 0) is 9.47 Å². The van der Waals surface area contributed by atoms with Gasteiger partial charge in [0.25, 0.3) is 0 Å². The van der Waals surface area contributed by atoms with Crippen LogP contribution in [-0.4, -0.2) is 30.8 Å². The van der Waals surface area contributed by atoms with E-state index in [1.165, 1.54) is 12.1 Å². The molecule has 1 atom stereocenters. The van der Waals surface area contributed by atoms with E-state index in [0.29, 0.717) is 19.8 Å². The van der Waals surface area contributed by atoms with Gasteiger partial charge in [-0.25, -0.2) is 4.39 Å². The average Bonchev–Trinajstić information content (AvgIpc) is 2.38. The molecule has 1 aromatic carbocycles. The molecule has 1 aromatic rings. The van der Waals surface area contributed by atoms with Gasteiger partial charge in [0.05, 0.1) is 24.2 Å². The molecule has 0 bridgehead atoms. The zero-order valence-electron chi connectivity index (χ0n) is 11.7. The summed E-state index contributed by atoms with van der Waals surface area (Å²) in [7, 11) is 0. The summed E-state index contributed by atoms with van der Waals surface area (Å²) in [4.78, 5) is 0.733. The molecule has 0 aliphatic carbocycles. The maximum atomic E-state index is 13.1. The number of hydrogen-bond acceptors (Lipinski definition) is 3. The number of benzene rings is 1. The van der Waals surface area contributed by atoms with Crippen LogP contribution in [0.5, 0.6) is 0 Å². The summed E-state index contributed by atoms with van der Waals surface area (Å²) >= 11 is 5.46. The lowest BCUT2D eigenvalue weighted by atomic mass is 10.0. The Morgan fingerprint density at radius 1 is 1.32 bits per heavy atom. The second-order valence-corrected chi connectivity index (χ2v) is 4.73. The molecule has 106 valence electrons. The largest absolute Gasteiger partial charge is 0.379 e. The zero-order chi connectivity index (χ0) is 14.3. The Kier molecular flexibility index (Phi) is 7.13. The summed E-state index contributed by atoms with van der Waals surface area (Å²) < 4.78 is 24.1. The second-order valence-electron chi connectivity index (χ2n) is 4.29. The maximum absolute atomic E-state index is 13.1. The molecule has 0 aliphatic rings. The molecule has 0 heterocycles. The standard InChI is InChI=1S/C15H21FO2S/c1-4-14(18-9-8-17-5-2)15(19)13-7-6-12(16)10-11(13)3/h6-7,10,14H,4-5,8-9H2,1-3H3.